The zero-order valence-corrected chi connectivity index (χ0v) is 29.5. The van der Waals surface area contributed by atoms with Gasteiger partial charge in [-0.15, -0.1) is 0 Å². The maximum atomic E-state index is 9.95. The van der Waals surface area contributed by atoms with Crippen molar-refractivity contribution in [2.24, 2.45) is 25.9 Å². The Bertz CT molecular complexity index is 2110. The third-order valence-corrected chi connectivity index (χ3v) is 10.6. The number of nitrogens with zero attached hydrogens (tertiary/aromatic N) is 6. The zero-order chi connectivity index (χ0) is 35.7. The van der Waals surface area contributed by atoms with Crippen molar-refractivity contribution >= 4 is 63.5 Å². The second-order valence-corrected chi connectivity index (χ2v) is 14.2. The Morgan fingerprint density at radius 1 is 0.566 bits per heavy atom. The van der Waals surface area contributed by atoms with Crippen LogP contribution in [0.3, 0.4) is 0 Å². The van der Waals surface area contributed by atoms with Crippen LogP contribution in [0.15, 0.2) is 123 Å². The summed E-state index contributed by atoms with van der Waals surface area (Å²) in [7, 11) is 0. The van der Waals surface area contributed by atoms with Gasteiger partial charge in [-0.1, -0.05) is 0 Å². The molecule has 0 radical (unpaired) electrons. The first kappa shape index (κ1) is 32.7. The highest BCUT2D eigenvalue weighted by atomic mass is 16.3. The van der Waals surface area contributed by atoms with E-state index in [1.54, 1.807) is 30.6 Å². The SMILES string of the molecule is Oc1ccc(Nc2cc(N3CCCCC3)ccc2C2=CC3=CC(c4ccc(N5CCCCC5)cc4Nc4ccc(O)cc4)=NC4=NC=NC(=N2)C34)cc1. The summed E-state index contributed by atoms with van der Waals surface area (Å²) >= 11 is 0. The van der Waals surface area contributed by atoms with Crippen LogP contribution in [0.4, 0.5) is 34.1 Å². The average molecular weight is 703 g/mol. The summed E-state index contributed by atoms with van der Waals surface area (Å²) in [6.45, 7) is 4.16. The molecule has 0 spiro atoms. The summed E-state index contributed by atoms with van der Waals surface area (Å²) < 4.78 is 0. The molecule has 10 nitrogen and oxygen atoms in total. The summed E-state index contributed by atoms with van der Waals surface area (Å²) in [4.78, 5) is 24.4. The molecule has 53 heavy (non-hydrogen) atoms. The van der Waals surface area contributed by atoms with Gasteiger partial charge in [-0.3, -0.25) is 0 Å². The van der Waals surface area contributed by atoms with E-state index in [4.69, 9.17) is 9.98 Å². The van der Waals surface area contributed by atoms with Gasteiger partial charge in [0.2, 0.25) is 0 Å². The highest BCUT2D eigenvalue weighted by molar-refractivity contribution is 6.27. The van der Waals surface area contributed by atoms with E-state index < -0.39 is 0 Å². The minimum absolute atomic E-state index is 0.224. The predicted octanol–water partition coefficient (Wildman–Crippen LogP) is 8.80. The summed E-state index contributed by atoms with van der Waals surface area (Å²) in [5, 5.41) is 27.2. The fraction of sp³-hybridized carbons (Fsp3) is 0.256. The Balaban J connectivity index is 1.12. The molecule has 0 aliphatic carbocycles. The number of phenols is 2. The Morgan fingerprint density at radius 3 is 1.70 bits per heavy atom. The second-order valence-electron chi connectivity index (χ2n) is 14.2. The first-order chi connectivity index (χ1) is 26.0. The van der Waals surface area contributed by atoms with Crippen LogP contribution >= 0.6 is 0 Å². The summed E-state index contributed by atoms with van der Waals surface area (Å²) in [5.74, 6) is 1.53. The number of aromatic hydroxyl groups is 2. The lowest BCUT2D eigenvalue weighted by Gasteiger charge is -2.31. The van der Waals surface area contributed by atoms with E-state index in [2.05, 4.69) is 79.0 Å². The smallest absolute Gasteiger partial charge is 0.145 e. The Morgan fingerprint density at radius 2 is 1.11 bits per heavy atom. The molecule has 4 aromatic rings. The third-order valence-electron chi connectivity index (χ3n) is 10.6. The van der Waals surface area contributed by atoms with Gasteiger partial charge in [0.15, 0.2) is 0 Å². The molecular weight excluding hydrogens is 661 g/mol. The largest absolute Gasteiger partial charge is 0.508 e. The summed E-state index contributed by atoms with van der Waals surface area (Å²) in [6.07, 6.45) is 13.1. The average Bonchev–Trinajstić information content (AvgIpc) is 3.20. The van der Waals surface area contributed by atoms with Crippen molar-refractivity contribution in [3.05, 3.63) is 114 Å². The molecule has 2 fully saturated rings. The lowest BCUT2D eigenvalue weighted by Crippen LogP contribution is -2.32. The highest BCUT2D eigenvalue weighted by Crippen LogP contribution is 2.40. The molecule has 0 saturated carbocycles. The van der Waals surface area contributed by atoms with Gasteiger partial charge in [0.1, 0.15) is 35.4 Å². The van der Waals surface area contributed by atoms with Crippen molar-refractivity contribution in [3.63, 3.8) is 0 Å². The number of piperidine rings is 2. The van der Waals surface area contributed by atoms with Crippen molar-refractivity contribution in [1.82, 2.24) is 0 Å². The van der Waals surface area contributed by atoms with Gasteiger partial charge >= 0.3 is 0 Å². The summed E-state index contributed by atoms with van der Waals surface area (Å²) in [5.41, 5.74) is 10.5. The molecule has 4 aromatic carbocycles. The van der Waals surface area contributed by atoms with Gasteiger partial charge in [0, 0.05) is 60.1 Å². The molecule has 10 heteroatoms. The number of rotatable bonds is 8. The van der Waals surface area contributed by atoms with E-state index in [9.17, 15) is 10.2 Å². The number of anilines is 6. The number of dihydropyridines is 1. The number of nitrogens with one attached hydrogen (secondary N) is 2. The van der Waals surface area contributed by atoms with Crippen molar-refractivity contribution in [2.75, 3.05) is 46.6 Å². The Hall–Kier alpha value is -6.16. The van der Waals surface area contributed by atoms with Crippen LogP contribution in [0.5, 0.6) is 11.5 Å². The lowest BCUT2D eigenvalue weighted by molar-refractivity contribution is 0.475. The number of aliphatic imine (C=N–C) groups is 4. The molecule has 1 atom stereocenters. The molecule has 5 heterocycles. The molecule has 5 aliphatic rings. The number of amidine groups is 2. The highest BCUT2D eigenvalue weighted by Gasteiger charge is 2.35. The second kappa shape index (κ2) is 14.1. The molecule has 0 amide bonds. The van der Waals surface area contributed by atoms with E-state index in [0.29, 0.717) is 11.7 Å². The molecule has 0 aromatic heterocycles. The standard InChI is InChI=1S/C43H42N8O2/c52-33-13-7-29(8-14-33)46-39-25-31(50-19-3-1-4-20-50)11-17-35(39)37-23-28-24-38(49-43-41(28)42(48-37)44-27-45-43)36-18-12-32(51-21-5-2-6-22-51)26-40(36)47-30-9-15-34(53)16-10-30/h7-18,23-27,41,46-47,52-53H,1-6,19-22H2. The van der Waals surface area contributed by atoms with Crippen LogP contribution in [-0.2, 0) is 0 Å². The normalized spacial score (nSPS) is 19.3. The molecule has 2 saturated heterocycles. The zero-order valence-electron chi connectivity index (χ0n) is 29.5. The Labute approximate surface area is 309 Å². The first-order valence-electron chi connectivity index (χ1n) is 18.7. The van der Waals surface area contributed by atoms with Crippen molar-refractivity contribution in [2.45, 2.75) is 38.5 Å². The van der Waals surface area contributed by atoms with Crippen molar-refractivity contribution in [3.8, 4) is 11.5 Å². The quantitative estimate of drug-likeness (QED) is 0.136. The summed E-state index contributed by atoms with van der Waals surface area (Å²) in [6, 6.07) is 27.4. The molecule has 9 rings (SSSR count). The van der Waals surface area contributed by atoms with Crippen LogP contribution in [0.1, 0.15) is 49.7 Å². The minimum Gasteiger partial charge on any atom is -0.508 e. The van der Waals surface area contributed by atoms with Gasteiger partial charge in [0.25, 0.3) is 0 Å². The lowest BCUT2D eigenvalue weighted by atomic mass is 9.86. The number of phenolic OH excluding ortho intramolecular Hbond substituents is 2. The fourth-order valence-corrected chi connectivity index (χ4v) is 7.82. The monoisotopic (exact) mass is 702 g/mol. The van der Waals surface area contributed by atoms with E-state index in [-0.39, 0.29) is 17.4 Å². The van der Waals surface area contributed by atoms with Crippen molar-refractivity contribution < 1.29 is 10.2 Å². The van der Waals surface area contributed by atoms with Crippen molar-refractivity contribution in [1.29, 1.82) is 0 Å². The molecule has 266 valence electrons. The van der Waals surface area contributed by atoms with Gasteiger partial charge in [-0.2, -0.15) is 0 Å². The fourth-order valence-electron chi connectivity index (χ4n) is 7.82. The van der Waals surface area contributed by atoms with Gasteiger partial charge < -0.3 is 30.6 Å². The van der Waals surface area contributed by atoms with Gasteiger partial charge in [0.05, 0.1) is 22.8 Å². The van der Waals surface area contributed by atoms with Gasteiger partial charge in [-0.05, 0) is 141 Å². The molecule has 1 unspecified atom stereocenters. The Kier molecular flexibility index (Phi) is 8.71. The minimum atomic E-state index is -0.255. The molecular formula is C43H42N8O2. The van der Waals surface area contributed by atoms with E-state index in [0.717, 1.165) is 77.0 Å². The predicted molar refractivity (Wildman–Crippen MR) is 217 cm³/mol. The van der Waals surface area contributed by atoms with Gasteiger partial charge in [-0.25, -0.2) is 20.0 Å². The maximum Gasteiger partial charge on any atom is 0.145 e. The number of hydrogen-bond donors (Lipinski definition) is 4. The third kappa shape index (κ3) is 6.80. The van der Waals surface area contributed by atoms with E-state index in [1.807, 2.05) is 24.3 Å². The number of hydrogen-bond acceptors (Lipinski definition) is 10. The van der Waals surface area contributed by atoms with Crippen LogP contribution in [0, 0.1) is 5.92 Å². The van der Waals surface area contributed by atoms with Crippen LogP contribution < -0.4 is 20.4 Å². The molecule has 5 aliphatic heterocycles. The number of benzene rings is 4. The molecule has 4 N–H and O–H groups in total. The van der Waals surface area contributed by atoms with Crippen LogP contribution in [0.25, 0.3) is 5.70 Å². The van der Waals surface area contributed by atoms with Crippen LogP contribution in [0.2, 0.25) is 0 Å². The molecule has 0 bridgehead atoms. The first-order valence-corrected chi connectivity index (χ1v) is 18.7. The number of allylic oxidation sites excluding steroid dienone is 2. The maximum absolute atomic E-state index is 9.95. The topological polar surface area (TPSA) is 120 Å². The van der Waals surface area contributed by atoms with E-state index in [1.165, 1.54) is 49.9 Å². The van der Waals surface area contributed by atoms with Crippen LogP contribution in [-0.4, -0.2) is 60.1 Å². The van der Waals surface area contributed by atoms with E-state index >= 15 is 0 Å².